The Labute approximate surface area is 193 Å². The van der Waals surface area contributed by atoms with E-state index >= 15 is 0 Å². The Bertz CT molecular complexity index is 1260. The third kappa shape index (κ3) is 4.35. The lowest BCUT2D eigenvalue weighted by Gasteiger charge is -2.11. The molecule has 1 aliphatic carbocycles. The second kappa shape index (κ2) is 9.70. The van der Waals surface area contributed by atoms with E-state index in [-0.39, 0.29) is 23.8 Å². The quantitative estimate of drug-likeness (QED) is 0.232. The Kier molecular flexibility index (Phi) is 6.76. The van der Waals surface area contributed by atoms with E-state index in [1.807, 2.05) is 6.07 Å². The fourth-order valence-electron chi connectivity index (χ4n) is 3.75. The summed E-state index contributed by atoms with van der Waals surface area (Å²) in [6.45, 7) is 6.05. The molecule has 0 unspecified atom stereocenters. The van der Waals surface area contributed by atoms with Crippen molar-refractivity contribution in [1.29, 1.82) is 0 Å². The number of carbonyl (C=O) groups is 2. The number of allylic oxidation sites excluding steroid dienone is 1. The second-order valence-corrected chi connectivity index (χ2v) is 9.28. The van der Waals surface area contributed by atoms with Gasteiger partial charge < -0.3 is 10.1 Å². The first kappa shape index (κ1) is 22.3. The highest BCUT2D eigenvalue weighted by atomic mass is 32.2. The summed E-state index contributed by atoms with van der Waals surface area (Å²) in [4.78, 5) is 43.8. The van der Waals surface area contributed by atoms with E-state index in [9.17, 15) is 14.4 Å². The molecule has 1 amide bonds. The number of aryl methyl sites for hydroxylation is 1. The summed E-state index contributed by atoms with van der Waals surface area (Å²) in [5, 5.41) is 4.38. The van der Waals surface area contributed by atoms with E-state index in [1.165, 1.54) is 27.7 Å². The maximum atomic E-state index is 12.8. The van der Waals surface area contributed by atoms with Gasteiger partial charge in [0.1, 0.15) is 5.00 Å². The molecule has 3 aromatic rings. The second-order valence-electron chi connectivity index (χ2n) is 7.23. The molecule has 1 N–H and O–H groups in total. The van der Waals surface area contributed by atoms with Gasteiger partial charge in [0.25, 0.3) is 5.56 Å². The molecule has 1 aliphatic rings. The molecule has 0 atom stereocenters. The number of thiophene rings is 1. The van der Waals surface area contributed by atoms with Crippen LogP contribution >= 0.6 is 23.1 Å². The van der Waals surface area contributed by atoms with Crippen molar-refractivity contribution in [2.45, 2.75) is 37.9 Å². The topological polar surface area (TPSA) is 90.3 Å². The van der Waals surface area contributed by atoms with Crippen LogP contribution in [-0.2, 0) is 28.9 Å². The number of carbonyl (C=O) groups excluding carboxylic acids is 2. The molecule has 0 saturated carbocycles. The van der Waals surface area contributed by atoms with Gasteiger partial charge >= 0.3 is 5.97 Å². The van der Waals surface area contributed by atoms with Crippen LogP contribution < -0.4 is 10.9 Å². The number of rotatable bonds is 8. The molecule has 2 aromatic heterocycles. The van der Waals surface area contributed by atoms with Crippen molar-refractivity contribution < 1.29 is 14.3 Å². The van der Waals surface area contributed by atoms with Crippen LogP contribution in [0, 0.1) is 0 Å². The Morgan fingerprint density at radius 2 is 2.16 bits per heavy atom. The number of benzene rings is 1. The van der Waals surface area contributed by atoms with Crippen molar-refractivity contribution in [2.24, 2.45) is 0 Å². The summed E-state index contributed by atoms with van der Waals surface area (Å²) in [7, 11) is 0. The van der Waals surface area contributed by atoms with E-state index in [1.54, 1.807) is 31.2 Å². The molecule has 0 saturated heterocycles. The Hall–Kier alpha value is -2.91. The van der Waals surface area contributed by atoms with Gasteiger partial charge in [0.05, 0.1) is 28.8 Å². The lowest BCUT2D eigenvalue weighted by atomic mass is 10.1. The molecule has 4 rings (SSSR count). The van der Waals surface area contributed by atoms with Gasteiger partial charge in [0, 0.05) is 11.4 Å². The lowest BCUT2D eigenvalue weighted by molar-refractivity contribution is -0.113. The van der Waals surface area contributed by atoms with Crippen LogP contribution in [0.15, 0.2) is 46.9 Å². The van der Waals surface area contributed by atoms with Crippen molar-refractivity contribution in [3.8, 4) is 0 Å². The number of ether oxygens (including phenoxy) is 1. The molecule has 0 aliphatic heterocycles. The maximum Gasteiger partial charge on any atom is 0.341 e. The number of thioether (sulfide) groups is 1. The van der Waals surface area contributed by atoms with Crippen LogP contribution in [0.4, 0.5) is 5.00 Å². The average molecular weight is 470 g/mol. The number of aromatic nitrogens is 2. The lowest BCUT2D eigenvalue weighted by Crippen LogP contribution is -2.24. The molecule has 1 aromatic carbocycles. The monoisotopic (exact) mass is 469 g/mol. The number of hydrogen-bond donors (Lipinski definition) is 1. The minimum absolute atomic E-state index is 0.0484. The third-order valence-electron chi connectivity index (χ3n) is 5.12. The van der Waals surface area contributed by atoms with Crippen molar-refractivity contribution >= 4 is 50.9 Å². The van der Waals surface area contributed by atoms with Crippen molar-refractivity contribution in [3.05, 3.63) is 63.3 Å². The van der Waals surface area contributed by atoms with E-state index in [2.05, 4.69) is 16.9 Å². The van der Waals surface area contributed by atoms with Gasteiger partial charge in [-0.25, -0.2) is 9.78 Å². The van der Waals surface area contributed by atoms with E-state index in [0.717, 1.165) is 29.7 Å². The first-order valence-electron chi connectivity index (χ1n) is 10.4. The number of esters is 1. The number of fused-ring (bicyclic) bond motifs is 2. The van der Waals surface area contributed by atoms with Crippen molar-refractivity contribution in [1.82, 2.24) is 9.55 Å². The van der Waals surface area contributed by atoms with Crippen LogP contribution in [0.5, 0.6) is 0 Å². The van der Waals surface area contributed by atoms with Gasteiger partial charge in [-0.15, -0.1) is 17.9 Å². The number of amides is 1. The van der Waals surface area contributed by atoms with Crippen molar-refractivity contribution in [3.63, 3.8) is 0 Å². The summed E-state index contributed by atoms with van der Waals surface area (Å²) in [6, 6.07) is 7.13. The van der Waals surface area contributed by atoms with Gasteiger partial charge in [-0.2, -0.15) is 0 Å². The summed E-state index contributed by atoms with van der Waals surface area (Å²) < 4.78 is 6.72. The first-order valence-corrected chi connectivity index (χ1v) is 12.2. The SMILES string of the molecule is C=CCn1c(SCC(=O)Nc2sc3c(c2C(=O)OCC)CCC3)nc2ccccc2c1=O. The van der Waals surface area contributed by atoms with Crippen LogP contribution in [0.3, 0.4) is 0 Å². The molecule has 7 nitrogen and oxygen atoms in total. The van der Waals surface area contributed by atoms with Crippen molar-refractivity contribution in [2.75, 3.05) is 17.7 Å². The fraction of sp³-hybridized carbons (Fsp3) is 0.304. The molecule has 0 radical (unpaired) electrons. The fourth-order valence-corrected chi connectivity index (χ4v) is 5.85. The van der Waals surface area contributed by atoms with E-state index in [0.29, 0.717) is 33.2 Å². The molecule has 9 heteroatoms. The largest absolute Gasteiger partial charge is 0.462 e. The zero-order chi connectivity index (χ0) is 22.7. The predicted molar refractivity (Wildman–Crippen MR) is 128 cm³/mol. The summed E-state index contributed by atoms with van der Waals surface area (Å²) in [6.07, 6.45) is 4.36. The van der Waals surface area contributed by atoms with Crippen LogP contribution in [0.1, 0.15) is 34.1 Å². The zero-order valence-electron chi connectivity index (χ0n) is 17.7. The molecular formula is C23H23N3O4S2. The average Bonchev–Trinajstić information content (AvgIpc) is 3.35. The molecular weight excluding hydrogens is 446 g/mol. The van der Waals surface area contributed by atoms with E-state index in [4.69, 9.17) is 4.74 Å². The highest BCUT2D eigenvalue weighted by Gasteiger charge is 2.28. The normalized spacial score (nSPS) is 12.5. The molecule has 166 valence electrons. The number of nitrogens with zero attached hydrogens (tertiary/aromatic N) is 2. The maximum absolute atomic E-state index is 12.8. The number of nitrogens with one attached hydrogen (secondary N) is 1. The standard InChI is InChI=1S/C23H23N3O4S2/c1-3-12-26-21(28)14-8-5-6-10-16(14)24-23(26)31-13-18(27)25-20-19(22(29)30-4-2)15-9-7-11-17(15)32-20/h3,5-6,8,10H,1,4,7,9,11-13H2,2H3,(H,25,27). The number of hydrogen-bond acceptors (Lipinski definition) is 7. The predicted octanol–water partition coefficient (Wildman–Crippen LogP) is 4.04. The molecule has 0 spiro atoms. The van der Waals surface area contributed by atoms with Crippen LogP contribution in [0.25, 0.3) is 10.9 Å². The van der Waals surface area contributed by atoms with Gasteiger partial charge in [-0.05, 0) is 43.9 Å². The van der Waals surface area contributed by atoms with Gasteiger partial charge in [0.2, 0.25) is 5.91 Å². The molecule has 32 heavy (non-hydrogen) atoms. The van der Waals surface area contributed by atoms with Gasteiger partial charge in [0.15, 0.2) is 5.16 Å². The third-order valence-corrected chi connectivity index (χ3v) is 7.31. The number of para-hydroxylation sites is 1. The zero-order valence-corrected chi connectivity index (χ0v) is 19.3. The first-order chi connectivity index (χ1) is 15.5. The highest BCUT2D eigenvalue weighted by molar-refractivity contribution is 7.99. The molecule has 0 bridgehead atoms. The Balaban J connectivity index is 1.55. The summed E-state index contributed by atoms with van der Waals surface area (Å²) in [5.74, 6) is -0.619. The van der Waals surface area contributed by atoms with Crippen LogP contribution in [0.2, 0.25) is 0 Å². The molecule has 2 heterocycles. The minimum Gasteiger partial charge on any atom is -0.462 e. The van der Waals surface area contributed by atoms with Gasteiger partial charge in [-0.1, -0.05) is 30.0 Å². The summed E-state index contributed by atoms with van der Waals surface area (Å²) in [5.41, 5.74) is 1.89. The Morgan fingerprint density at radius 1 is 1.34 bits per heavy atom. The minimum atomic E-state index is -0.397. The highest BCUT2D eigenvalue weighted by Crippen LogP contribution is 2.39. The number of anilines is 1. The summed E-state index contributed by atoms with van der Waals surface area (Å²) >= 11 is 2.62. The van der Waals surface area contributed by atoms with Crippen LogP contribution in [-0.4, -0.2) is 33.8 Å². The smallest absolute Gasteiger partial charge is 0.341 e. The van der Waals surface area contributed by atoms with Gasteiger partial charge in [-0.3, -0.25) is 14.2 Å². The Morgan fingerprint density at radius 3 is 2.94 bits per heavy atom. The molecule has 0 fully saturated rings. The van der Waals surface area contributed by atoms with E-state index < -0.39 is 5.97 Å².